The van der Waals surface area contributed by atoms with Crippen LogP contribution in [0.4, 0.5) is 14.5 Å². The molecule has 10 heteroatoms. The maximum Gasteiger partial charge on any atom is 0.422 e. The minimum absolute atomic E-state index is 0.135. The van der Waals surface area contributed by atoms with E-state index in [2.05, 4.69) is 4.42 Å². The average molecular weight is 368 g/mol. The van der Waals surface area contributed by atoms with Crippen LogP contribution in [0.25, 0.3) is 10.9 Å². The lowest BCUT2D eigenvalue weighted by atomic mass is 10.2. The molecule has 0 amide bonds. The molecule has 1 N–H and O–H groups in total. The van der Waals surface area contributed by atoms with Gasteiger partial charge in [0.1, 0.15) is 11.6 Å². The molecule has 0 aliphatic rings. The van der Waals surface area contributed by atoms with Crippen molar-refractivity contribution in [1.29, 1.82) is 0 Å². The maximum atomic E-state index is 13.6. The van der Waals surface area contributed by atoms with E-state index >= 15 is 0 Å². The minimum Gasteiger partial charge on any atom is -0.372 e. The summed E-state index contributed by atoms with van der Waals surface area (Å²) in [6.45, 7) is 0. The van der Waals surface area contributed by atoms with Gasteiger partial charge >= 0.3 is 11.4 Å². The highest BCUT2D eigenvalue weighted by molar-refractivity contribution is 7.92. The largest absolute Gasteiger partial charge is 0.422 e. The number of nitrogens with zero attached hydrogens (tertiary/aromatic N) is 1. The number of hydrogen-bond acceptors (Lipinski definition) is 5. The van der Waals surface area contributed by atoms with Crippen LogP contribution in [0.5, 0.6) is 0 Å². The van der Waals surface area contributed by atoms with E-state index < -0.39 is 38.7 Å². The summed E-state index contributed by atoms with van der Waals surface area (Å²) < 4.78 is 58.8. The third-order valence-corrected chi connectivity index (χ3v) is 4.85. The summed E-state index contributed by atoms with van der Waals surface area (Å²) in [5.74, 6) is -2.84. The zero-order valence-electron chi connectivity index (χ0n) is 12.6. The fourth-order valence-electron chi connectivity index (χ4n) is 2.22. The van der Waals surface area contributed by atoms with Gasteiger partial charge in [-0.2, -0.15) is 0 Å². The van der Waals surface area contributed by atoms with Crippen LogP contribution in [-0.2, 0) is 17.1 Å². The van der Waals surface area contributed by atoms with Crippen molar-refractivity contribution in [3.63, 3.8) is 0 Å². The lowest BCUT2D eigenvalue weighted by Crippen LogP contribution is -2.23. The molecule has 3 aromatic rings. The monoisotopic (exact) mass is 368 g/mol. The second-order valence-corrected chi connectivity index (χ2v) is 6.81. The first-order chi connectivity index (χ1) is 11.7. The van der Waals surface area contributed by atoms with Gasteiger partial charge in [-0.05, 0) is 30.3 Å². The first-order valence-corrected chi connectivity index (χ1v) is 8.29. The number of sulfonamides is 1. The molecule has 25 heavy (non-hydrogen) atoms. The van der Waals surface area contributed by atoms with Gasteiger partial charge in [0.05, 0.1) is 21.5 Å². The van der Waals surface area contributed by atoms with Crippen molar-refractivity contribution >= 4 is 26.6 Å². The van der Waals surface area contributed by atoms with E-state index in [0.717, 1.165) is 28.8 Å². The molecule has 0 saturated heterocycles. The number of rotatable bonds is 3. The third-order valence-electron chi connectivity index (χ3n) is 3.49. The summed E-state index contributed by atoms with van der Waals surface area (Å²) >= 11 is 0. The first kappa shape index (κ1) is 16.8. The van der Waals surface area contributed by atoms with Crippen LogP contribution in [0.2, 0.25) is 0 Å². The Kier molecular flexibility index (Phi) is 3.91. The molecule has 2 aromatic carbocycles. The Bertz CT molecular complexity index is 1210. The number of anilines is 1. The fraction of sp³-hybridized carbons (Fsp3) is 0.0667. The lowest BCUT2D eigenvalue weighted by molar-refractivity contribution is 0.432. The zero-order chi connectivity index (χ0) is 18.4. The number of aryl methyl sites for hydroxylation is 1. The van der Waals surface area contributed by atoms with Gasteiger partial charge in [-0.25, -0.2) is 26.8 Å². The molecular weight excluding hydrogens is 358 g/mol. The molecule has 130 valence electrons. The topological polar surface area (TPSA) is 98.4 Å². The van der Waals surface area contributed by atoms with Crippen LogP contribution in [0.1, 0.15) is 0 Å². The van der Waals surface area contributed by atoms with Gasteiger partial charge in [-0.3, -0.25) is 9.29 Å². The van der Waals surface area contributed by atoms with Crippen molar-refractivity contribution in [1.82, 2.24) is 4.57 Å². The number of hydrogen-bond donors (Lipinski definition) is 1. The van der Waals surface area contributed by atoms with E-state index in [1.807, 2.05) is 4.72 Å². The summed E-state index contributed by atoms with van der Waals surface area (Å²) in [7, 11) is -2.91. The van der Waals surface area contributed by atoms with Gasteiger partial charge in [0.25, 0.3) is 10.0 Å². The predicted octanol–water partition coefficient (Wildman–Crippen LogP) is 1.57. The maximum absolute atomic E-state index is 13.6. The summed E-state index contributed by atoms with van der Waals surface area (Å²) in [6.07, 6.45) is 0. The summed E-state index contributed by atoms with van der Waals surface area (Å²) in [4.78, 5) is 22.9. The van der Waals surface area contributed by atoms with E-state index in [4.69, 9.17) is 0 Å². The van der Waals surface area contributed by atoms with Crippen molar-refractivity contribution in [2.75, 3.05) is 4.72 Å². The molecule has 0 bridgehead atoms. The quantitative estimate of drug-likeness (QED) is 0.757. The molecule has 0 aliphatic carbocycles. The average Bonchev–Trinajstić information content (AvgIpc) is 2.55. The SMILES string of the molecule is Cn1c(=O)oc(=O)c2cc(S(=O)(=O)Nc3ccc(F)cc3F)ccc21. The molecule has 0 atom stereocenters. The Morgan fingerprint density at radius 2 is 1.80 bits per heavy atom. The van der Waals surface area contributed by atoms with Crippen molar-refractivity contribution in [3.8, 4) is 0 Å². The van der Waals surface area contributed by atoms with Crippen LogP contribution < -0.4 is 16.1 Å². The van der Waals surface area contributed by atoms with E-state index in [-0.39, 0.29) is 15.8 Å². The first-order valence-electron chi connectivity index (χ1n) is 6.81. The van der Waals surface area contributed by atoms with Gasteiger partial charge in [0.2, 0.25) is 0 Å². The number of nitrogens with one attached hydrogen (secondary N) is 1. The zero-order valence-corrected chi connectivity index (χ0v) is 13.4. The van der Waals surface area contributed by atoms with Gasteiger partial charge < -0.3 is 4.42 Å². The van der Waals surface area contributed by atoms with Gasteiger partial charge in [-0.1, -0.05) is 0 Å². The molecule has 1 aromatic heterocycles. The van der Waals surface area contributed by atoms with Crippen molar-refractivity contribution < 1.29 is 21.6 Å². The van der Waals surface area contributed by atoms with E-state index in [1.54, 1.807) is 0 Å². The highest BCUT2D eigenvalue weighted by Crippen LogP contribution is 2.21. The van der Waals surface area contributed by atoms with Gasteiger partial charge in [-0.15, -0.1) is 0 Å². The Morgan fingerprint density at radius 3 is 2.48 bits per heavy atom. The van der Waals surface area contributed by atoms with E-state index in [0.29, 0.717) is 6.07 Å². The third kappa shape index (κ3) is 3.03. The number of halogens is 2. The number of benzene rings is 2. The molecule has 0 spiro atoms. The molecular formula is C15H10F2N2O5S. The molecule has 7 nitrogen and oxygen atoms in total. The van der Waals surface area contributed by atoms with Crippen LogP contribution in [0.15, 0.2) is 55.3 Å². The highest BCUT2D eigenvalue weighted by atomic mass is 32.2. The van der Waals surface area contributed by atoms with E-state index in [9.17, 15) is 26.8 Å². The van der Waals surface area contributed by atoms with Crippen LogP contribution in [0, 0.1) is 11.6 Å². The molecule has 0 fully saturated rings. The summed E-state index contributed by atoms with van der Waals surface area (Å²) in [6, 6.07) is 5.76. The summed E-state index contributed by atoms with van der Waals surface area (Å²) in [5.41, 5.74) is -1.27. The Labute approximate surface area is 139 Å². The minimum atomic E-state index is -4.26. The summed E-state index contributed by atoms with van der Waals surface area (Å²) in [5, 5.41) is -0.135. The number of fused-ring (bicyclic) bond motifs is 1. The van der Waals surface area contributed by atoms with Crippen molar-refractivity contribution in [3.05, 3.63) is 69.0 Å². The molecule has 3 rings (SSSR count). The highest BCUT2D eigenvalue weighted by Gasteiger charge is 2.19. The number of aromatic nitrogens is 1. The second-order valence-electron chi connectivity index (χ2n) is 5.12. The molecule has 0 saturated carbocycles. The van der Waals surface area contributed by atoms with Crippen LogP contribution >= 0.6 is 0 Å². The van der Waals surface area contributed by atoms with Crippen molar-refractivity contribution in [2.24, 2.45) is 7.05 Å². The molecule has 0 radical (unpaired) electrons. The van der Waals surface area contributed by atoms with Gasteiger partial charge in [0.15, 0.2) is 0 Å². The standard InChI is InChI=1S/C15H10F2N2O5S/c1-19-13-5-3-9(7-10(13)14(20)24-15(19)21)25(22,23)18-12-4-2-8(16)6-11(12)17/h2-7,18H,1H3. The van der Waals surface area contributed by atoms with Crippen molar-refractivity contribution in [2.45, 2.75) is 4.90 Å². The molecule has 0 aliphatic heterocycles. The molecule has 0 unspecified atom stereocenters. The van der Waals surface area contributed by atoms with Gasteiger partial charge in [0, 0.05) is 13.1 Å². The normalized spacial score (nSPS) is 11.6. The van der Waals surface area contributed by atoms with Crippen LogP contribution in [-0.4, -0.2) is 13.0 Å². The Morgan fingerprint density at radius 1 is 1.08 bits per heavy atom. The van der Waals surface area contributed by atoms with Crippen LogP contribution in [0.3, 0.4) is 0 Å². The fourth-order valence-corrected chi connectivity index (χ4v) is 3.31. The van der Waals surface area contributed by atoms with E-state index in [1.165, 1.54) is 13.1 Å². The lowest BCUT2D eigenvalue weighted by Gasteiger charge is -2.10. The molecule has 1 heterocycles. The second kappa shape index (κ2) is 5.81. The Hall–Kier alpha value is -3.01. The predicted molar refractivity (Wildman–Crippen MR) is 84.9 cm³/mol. The smallest absolute Gasteiger partial charge is 0.372 e. The Balaban J connectivity index is 2.11.